The van der Waals surface area contributed by atoms with Gasteiger partial charge in [-0.05, 0) is 43.4 Å². The molecule has 20 heavy (non-hydrogen) atoms. The first-order valence-electron chi connectivity index (χ1n) is 6.97. The van der Waals surface area contributed by atoms with Crippen LogP contribution in [0.25, 0.3) is 0 Å². The Kier molecular flexibility index (Phi) is 5.67. The summed E-state index contributed by atoms with van der Waals surface area (Å²) in [6.45, 7) is 2.00. The van der Waals surface area contributed by atoms with Crippen molar-refractivity contribution in [1.82, 2.24) is 4.98 Å². The van der Waals surface area contributed by atoms with E-state index in [1.165, 1.54) is 12.8 Å². The molecule has 1 saturated heterocycles. The summed E-state index contributed by atoms with van der Waals surface area (Å²) >= 11 is 1.70. The maximum Gasteiger partial charge on any atom is 0.241 e. The van der Waals surface area contributed by atoms with Crippen molar-refractivity contribution in [2.45, 2.75) is 25.3 Å². The molecule has 0 unspecified atom stereocenters. The van der Waals surface area contributed by atoms with E-state index in [2.05, 4.69) is 15.2 Å². The number of nitrogens with zero attached hydrogens (tertiary/aromatic N) is 2. The molecule has 2 heterocycles. The highest BCUT2D eigenvalue weighted by atomic mass is 32.2. The van der Waals surface area contributed by atoms with Crippen molar-refractivity contribution >= 4 is 29.2 Å². The molecular formula is C14H22N4OS. The highest BCUT2D eigenvalue weighted by Gasteiger charge is 2.19. The molecule has 0 aliphatic carbocycles. The lowest BCUT2D eigenvalue weighted by atomic mass is 10.2. The normalized spacial score (nSPS) is 16.2. The summed E-state index contributed by atoms with van der Waals surface area (Å²) in [4.78, 5) is 18.7. The molecular weight excluding hydrogens is 272 g/mol. The second kappa shape index (κ2) is 7.50. The van der Waals surface area contributed by atoms with Crippen molar-refractivity contribution < 1.29 is 4.79 Å². The molecule has 110 valence electrons. The third-order valence-corrected chi connectivity index (χ3v) is 4.06. The maximum atomic E-state index is 12.1. The minimum absolute atomic E-state index is 0.132. The van der Waals surface area contributed by atoms with Gasteiger partial charge in [0, 0.05) is 19.3 Å². The van der Waals surface area contributed by atoms with E-state index in [-0.39, 0.29) is 5.91 Å². The molecule has 1 aromatic heterocycles. The number of amides is 1. The first-order valence-corrected chi connectivity index (χ1v) is 8.37. The van der Waals surface area contributed by atoms with Crippen LogP contribution in [0, 0.1) is 0 Å². The van der Waals surface area contributed by atoms with Crippen molar-refractivity contribution in [2.24, 2.45) is 5.73 Å². The van der Waals surface area contributed by atoms with Gasteiger partial charge in [-0.1, -0.05) is 0 Å². The largest absolute Gasteiger partial charge is 0.355 e. The average Bonchev–Trinajstić information content (AvgIpc) is 2.99. The van der Waals surface area contributed by atoms with E-state index >= 15 is 0 Å². The third kappa shape index (κ3) is 3.86. The number of carbonyl (C=O) groups is 1. The zero-order valence-corrected chi connectivity index (χ0v) is 12.7. The smallest absolute Gasteiger partial charge is 0.241 e. The van der Waals surface area contributed by atoms with Crippen LogP contribution in [0.4, 0.5) is 11.5 Å². The molecule has 1 atom stereocenters. The van der Waals surface area contributed by atoms with E-state index < -0.39 is 6.04 Å². The summed E-state index contributed by atoms with van der Waals surface area (Å²) in [5.74, 6) is 1.61. The van der Waals surface area contributed by atoms with Gasteiger partial charge in [-0.25, -0.2) is 4.98 Å². The number of anilines is 2. The molecule has 0 spiro atoms. The Balaban J connectivity index is 2.03. The first-order chi connectivity index (χ1) is 9.72. The summed E-state index contributed by atoms with van der Waals surface area (Å²) in [5.41, 5.74) is 6.66. The van der Waals surface area contributed by atoms with Crippen LogP contribution in [-0.4, -0.2) is 42.0 Å². The Bertz CT molecular complexity index is 449. The second-order valence-electron chi connectivity index (χ2n) is 4.95. The van der Waals surface area contributed by atoms with Crippen molar-refractivity contribution in [3.63, 3.8) is 0 Å². The van der Waals surface area contributed by atoms with Gasteiger partial charge in [-0.3, -0.25) is 4.79 Å². The molecule has 1 amide bonds. The summed E-state index contributed by atoms with van der Waals surface area (Å²) in [5, 5.41) is 2.92. The van der Waals surface area contributed by atoms with E-state index in [4.69, 9.17) is 5.73 Å². The van der Waals surface area contributed by atoms with Crippen LogP contribution in [0.5, 0.6) is 0 Å². The van der Waals surface area contributed by atoms with Crippen molar-refractivity contribution in [1.29, 1.82) is 0 Å². The number of thioether (sulfide) groups is 1. The quantitative estimate of drug-likeness (QED) is 0.835. The van der Waals surface area contributed by atoms with Gasteiger partial charge in [0.1, 0.15) is 0 Å². The van der Waals surface area contributed by atoms with Crippen LogP contribution < -0.4 is 16.0 Å². The van der Waals surface area contributed by atoms with Crippen LogP contribution in [0.1, 0.15) is 19.3 Å². The zero-order valence-electron chi connectivity index (χ0n) is 11.8. The number of pyridine rings is 1. The Morgan fingerprint density at radius 2 is 2.30 bits per heavy atom. The van der Waals surface area contributed by atoms with Gasteiger partial charge < -0.3 is 16.0 Å². The minimum atomic E-state index is -0.464. The maximum absolute atomic E-state index is 12.1. The lowest BCUT2D eigenvalue weighted by Crippen LogP contribution is -2.36. The topological polar surface area (TPSA) is 71.2 Å². The average molecular weight is 294 g/mol. The fourth-order valence-corrected chi connectivity index (χ4v) is 2.77. The predicted molar refractivity (Wildman–Crippen MR) is 85.3 cm³/mol. The second-order valence-corrected chi connectivity index (χ2v) is 5.93. The number of nitrogens with two attached hydrogens (primary N) is 1. The van der Waals surface area contributed by atoms with Crippen LogP contribution in [0.2, 0.25) is 0 Å². The number of hydrogen-bond acceptors (Lipinski definition) is 5. The molecule has 0 saturated carbocycles. The van der Waals surface area contributed by atoms with Gasteiger partial charge in [-0.2, -0.15) is 11.8 Å². The van der Waals surface area contributed by atoms with Gasteiger partial charge in [0.05, 0.1) is 11.7 Å². The molecule has 2 rings (SSSR count). The lowest BCUT2D eigenvalue weighted by Gasteiger charge is -2.20. The van der Waals surface area contributed by atoms with Gasteiger partial charge in [0.15, 0.2) is 5.82 Å². The number of hydrogen-bond donors (Lipinski definition) is 2. The van der Waals surface area contributed by atoms with Gasteiger partial charge >= 0.3 is 0 Å². The number of nitrogens with one attached hydrogen (secondary N) is 1. The standard InChI is InChI=1S/C14H22N4OS/c1-20-10-6-11(15)14(19)17-12-5-4-7-16-13(12)18-8-2-3-9-18/h4-5,7,11H,2-3,6,8-10,15H2,1H3,(H,17,19)/t11-/m0/s1. The summed E-state index contributed by atoms with van der Waals surface area (Å²) in [6.07, 6.45) is 6.81. The highest BCUT2D eigenvalue weighted by molar-refractivity contribution is 7.98. The van der Waals surface area contributed by atoms with Crippen molar-refractivity contribution in [3.8, 4) is 0 Å². The van der Waals surface area contributed by atoms with Crippen LogP contribution >= 0.6 is 11.8 Å². The molecule has 1 fully saturated rings. The molecule has 0 radical (unpaired) electrons. The highest BCUT2D eigenvalue weighted by Crippen LogP contribution is 2.26. The van der Waals surface area contributed by atoms with Crippen LogP contribution in [-0.2, 0) is 4.79 Å². The first kappa shape index (κ1) is 15.1. The fourth-order valence-electron chi connectivity index (χ4n) is 2.28. The van der Waals surface area contributed by atoms with Crippen molar-refractivity contribution in [3.05, 3.63) is 18.3 Å². The van der Waals surface area contributed by atoms with E-state index in [0.29, 0.717) is 6.42 Å². The van der Waals surface area contributed by atoms with Crippen molar-refractivity contribution in [2.75, 3.05) is 35.3 Å². The Labute approximate surface area is 124 Å². The summed E-state index contributed by atoms with van der Waals surface area (Å²) < 4.78 is 0. The number of aromatic nitrogens is 1. The van der Waals surface area contributed by atoms with Crippen LogP contribution in [0.3, 0.4) is 0 Å². The molecule has 1 aliphatic heterocycles. The van der Waals surface area contributed by atoms with E-state index in [1.807, 2.05) is 18.4 Å². The van der Waals surface area contributed by atoms with E-state index in [1.54, 1.807) is 18.0 Å². The Morgan fingerprint density at radius 1 is 1.55 bits per heavy atom. The lowest BCUT2D eigenvalue weighted by molar-refractivity contribution is -0.117. The minimum Gasteiger partial charge on any atom is -0.355 e. The fraction of sp³-hybridized carbons (Fsp3) is 0.571. The zero-order chi connectivity index (χ0) is 14.4. The Morgan fingerprint density at radius 3 is 3.00 bits per heavy atom. The molecule has 1 aromatic rings. The van der Waals surface area contributed by atoms with Gasteiger partial charge in [-0.15, -0.1) is 0 Å². The third-order valence-electron chi connectivity index (χ3n) is 3.42. The van der Waals surface area contributed by atoms with Gasteiger partial charge in [0.2, 0.25) is 5.91 Å². The SMILES string of the molecule is CSCC[C@H](N)C(=O)Nc1cccnc1N1CCCC1. The van der Waals surface area contributed by atoms with Gasteiger partial charge in [0.25, 0.3) is 0 Å². The molecule has 0 bridgehead atoms. The van der Waals surface area contributed by atoms with E-state index in [9.17, 15) is 4.79 Å². The summed E-state index contributed by atoms with van der Waals surface area (Å²) in [6, 6.07) is 3.26. The number of rotatable bonds is 6. The molecule has 6 heteroatoms. The molecule has 3 N–H and O–H groups in total. The number of carbonyl (C=O) groups excluding carboxylic acids is 1. The van der Waals surface area contributed by atoms with E-state index in [0.717, 1.165) is 30.3 Å². The monoisotopic (exact) mass is 294 g/mol. The summed E-state index contributed by atoms with van der Waals surface area (Å²) in [7, 11) is 0. The molecule has 0 aromatic carbocycles. The molecule has 1 aliphatic rings. The van der Waals surface area contributed by atoms with Crippen LogP contribution in [0.15, 0.2) is 18.3 Å². The molecule has 5 nitrogen and oxygen atoms in total. The Hall–Kier alpha value is -1.27. The predicted octanol–water partition coefficient (Wildman–Crippen LogP) is 1.70.